The van der Waals surface area contributed by atoms with Crippen LogP contribution < -0.4 is 11.2 Å². The number of ether oxygens (including phenoxy) is 4. The van der Waals surface area contributed by atoms with E-state index in [0.29, 0.717) is 5.56 Å². The second kappa shape index (κ2) is 14.5. The molecule has 4 rings (SSSR count). The molecule has 1 aliphatic rings. The molecule has 0 aliphatic carbocycles. The summed E-state index contributed by atoms with van der Waals surface area (Å²) in [5, 5.41) is 0. The molecule has 2 heterocycles. The van der Waals surface area contributed by atoms with E-state index in [4.69, 9.17) is 28.0 Å². The summed E-state index contributed by atoms with van der Waals surface area (Å²) in [5.41, 5.74) is -0.122. The molecule has 1 saturated heterocycles. The number of rotatable bonds is 14. The average Bonchev–Trinajstić information content (AvgIpc) is 3.37. The third-order valence-corrected chi connectivity index (χ3v) is 7.84. The predicted octanol–water partition coefficient (Wildman–Crippen LogP) is 3.90. The lowest BCUT2D eigenvalue weighted by Crippen LogP contribution is -2.43. The van der Waals surface area contributed by atoms with Crippen LogP contribution in [-0.4, -0.2) is 47.1 Å². The molecule has 3 atom stereocenters. The van der Waals surface area contributed by atoms with Crippen molar-refractivity contribution in [2.24, 2.45) is 0 Å². The molecule has 1 aromatic heterocycles. The number of carbonyl (C=O) groups is 1. The standard InChI is InChI=1S/C28H33N2O10P/c1-3-37-41(34,38-4-2)20-36-25-17-23(39-27(32)22-13-9-6-10-14-22)26(40-25)29-16-15-24(31)30(28(29)33)19-35-18-21-11-7-5-8-12-21/h5-16,23,25-26H,3-4,17-20H2,1-2H3/t23-,25+,26-/m1/s1. The van der Waals surface area contributed by atoms with Gasteiger partial charge in [-0.1, -0.05) is 48.5 Å². The van der Waals surface area contributed by atoms with Gasteiger partial charge in [-0.15, -0.1) is 0 Å². The molecule has 0 amide bonds. The highest BCUT2D eigenvalue weighted by Crippen LogP contribution is 2.48. The van der Waals surface area contributed by atoms with Crippen molar-refractivity contribution in [3.8, 4) is 0 Å². The first-order valence-electron chi connectivity index (χ1n) is 13.2. The van der Waals surface area contributed by atoms with E-state index in [-0.39, 0.29) is 33.0 Å². The van der Waals surface area contributed by atoms with Gasteiger partial charge in [-0.2, -0.15) is 0 Å². The van der Waals surface area contributed by atoms with Gasteiger partial charge in [0.25, 0.3) is 5.56 Å². The molecular formula is C28H33N2O10P. The number of benzene rings is 2. The second-order valence-electron chi connectivity index (χ2n) is 8.98. The molecule has 0 N–H and O–H groups in total. The fraction of sp³-hybridized carbons (Fsp3) is 0.393. The van der Waals surface area contributed by atoms with Crippen molar-refractivity contribution in [3.05, 3.63) is 105 Å². The van der Waals surface area contributed by atoms with E-state index < -0.39 is 49.8 Å². The minimum absolute atomic E-state index is 0.0115. The molecule has 1 aliphatic heterocycles. The van der Waals surface area contributed by atoms with Crippen LogP contribution in [0.3, 0.4) is 0 Å². The largest absolute Gasteiger partial charge is 0.454 e. The number of aromatic nitrogens is 2. The van der Waals surface area contributed by atoms with Crippen molar-refractivity contribution in [2.75, 3.05) is 19.6 Å². The van der Waals surface area contributed by atoms with E-state index in [2.05, 4.69) is 0 Å². The Kier molecular flexibility index (Phi) is 10.8. The molecule has 3 aromatic rings. The Morgan fingerprint density at radius 2 is 1.63 bits per heavy atom. The number of hydrogen-bond acceptors (Lipinski definition) is 10. The fourth-order valence-corrected chi connectivity index (χ4v) is 5.55. The molecule has 0 radical (unpaired) electrons. The molecule has 0 unspecified atom stereocenters. The Bertz CT molecular complexity index is 1430. The van der Waals surface area contributed by atoms with E-state index in [1.807, 2.05) is 30.3 Å². The third-order valence-electron chi connectivity index (χ3n) is 6.07. The van der Waals surface area contributed by atoms with Gasteiger partial charge in [0, 0.05) is 18.7 Å². The zero-order valence-electron chi connectivity index (χ0n) is 22.8. The van der Waals surface area contributed by atoms with E-state index in [9.17, 15) is 18.9 Å². The van der Waals surface area contributed by atoms with Crippen LogP contribution in [0.25, 0.3) is 0 Å². The van der Waals surface area contributed by atoms with Crippen LogP contribution in [0.4, 0.5) is 0 Å². The zero-order valence-corrected chi connectivity index (χ0v) is 23.7. The van der Waals surface area contributed by atoms with Crippen LogP contribution in [0.2, 0.25) is 0 Å². The van der Waals surface area contributed by atoms with E-state index in [1.165, 1.54) is 12.3 Å². The molecule has 13 heteroatoms. The maximum Gasteiger partial charge on any atom is 0.356 e. The van der Waals surface area contributed by atoms with Crippen LogP contribution in [0, 0.1) is 0 Å². The van der Waals surface area contributed by atoms with Crippen molar-refractivity contribution in [1.29, 1.82) is 0 Å². The van der Waals surface area contributed by atoms with E-state index >= 15 is 0 Å². The molecule has 0 saturated carbocycles. The SMILES string of the molecule is CCOP(=O)(CO[C@@H]1C[C@@H](OC(=O)c2ccccc2)[C@H](n2ccc(=O)n(COCc3ccccc3)c2=O)O1)OCC. The highest BCUT2D eigenvalue weighted by Gasteiger charge is 2.42. The number of carbonyl (C=O) groups excluding carboxylic acids is 1. The van der Waals surface area contributed by atoms with Crippen LogP contribution in [0.5, 0.6) is 0 Å². The van der Waals surface area contributed by atoms with Gasteiger partial charge in [0.1, 0.15) is 6.73 Å². The lowest BCUT2D eigenvalue weighted by Gasteiger charge is -2.22. The molecule has 0 bridgehead atoms. The molecule has 2 aromatic carbocycles. The Morgan fingerprint density at radius 3 is 2.29 bits per heavy atom. The van der Waals surface area contributed by atoms with E-state index in [1.54, 1.807) is 44.2 Å². The van der Waals surface area contributed by atoms with Crippen molar-refractivity contribution >= 4 is 13.6 Å². The fourth-order valence-electron chi connectivity index (χ4n) is 4.20. The average molecular weight is 589 g/mol. The minimum atomic E-state index is -3.56. The van der Waals surface area contributed by atoms with Crippen LogP contribution in [0.15, 0.2) is 82.5 Å². The summed E-state index contributed by atoms with van der Waals surface area (Å²) < 4.78 is 48.5. The van der Waals surface area contributed by atoms with Crippen LogP contribution in [0.1, 0.15) is 42.4 Å². The van der Waals surface area contributed by atoms with E-state index in [0.717, 1.165) is 14.7 Å². The van der Waals surface area contributed by atoms with Gasteiger partial charge in [0.2, 0.25) is 0 Å². The molecular weight excluding hydrogens is 555 g/mol. The monoisotopic (exact) mass is 588 g/mol. The van der Waals surface area contributed by atoms with Crippen LogP contribution >= 0.6 is 7.60 Å². The number of esters is 1. The van der Waals surface area contributed by atoms with Crippen molar-refractivity contribution in [2.45, 2.75) is 52.2 Å². The first kappa shape index (κ1) is 30.6. The van der Waals surface area contributed by atoms with Crippen molar-refractivity contribution < 1.29 is 37.4 Å². The van der Waals surface area contributed by atoms with Gasteiger partial charge in [0.05, 0.1) is 25.4 Å². The molecule has 41 heavy (non-hydrogen) atoms. The van der Waals surface area contributed by atoms with Gasteiger partial charge in [-0.3, -0.25) is 13.9 Å². The lowest BCUT2D eigenvalue weighted by molar-refractivity contribution is -0.149. The Hall–Kier alpha value is -3.38. The van der Waals surface area contributed by atoms with Crippen molar-refractivity contribution in [1.82, 2.24) is 9.13 Å². The quantitative estimate of drug-likeness (QED) is 0.202. The van der Waals surface area contributed by atoms with Gasteiger partial charge >= 0.3 is 19.3 Å². The third kappa shape index (κ3) is 8.10. The summed E-state index contributed by atoms with van der Waals surface area (Å²) in [7, 11) is -3.56. The van der Waals surface area contributed by atoms with Gasteiger partial charge in [0.15, 0.2) is 25.0 Å². The maximum absolute atomic E-state index is 13.4. The summed E-state index contributed by atoms with van der Waals surface area (Å²) >= 11 is 0. The normalized spacial score (nSPS) is 18.8. The molecule has 220 valence electrons. The Labute approximate surface area is 236 Å². The smallest absolute Gasteiger partial charge is 0.356 e. The van der Waals surface area contributed by atoms with Crippen LogP contribution in [-0.2, 0) is 45.9 Å². The highest BCUT2D eigenvalue weighted by molar-refractivity contribution is 7.53. The summed E-state index contributed by atoms with van der Waals surface area (Å²) in [6, 6.07) is 18.8. The Balaban J connectivity index is 1.55. The molecule has 0 spiro atoms. The highest BCUT2D eigenvalue weighted by atomic mass is 31.2. The predicted molar refractivity (Wildman–Crippen MR) is 147 cm³/mol. The summed E-state index contributed by atoms with van der Waals surface area (Å²) in [6.45, 7) is 3.54. The molecule has 1 fully saturated rings. The lowest BCUT2D eigenvalue weighted by atomic mass is 10.2. The summed E-state index contributed by atoms with van der Waals surface area (Å²) in [4.78, 5) is 38.9. The van der Waals surface area contributed by atoms with Gasteiger partial charge < -0.3 is 28.0 Å². The number of nitrogens with zero attached hydrogens (tertiary/aromatic N) is 2. The topological polar surface area (TPSA) is 134 Å². The number of hydrogen-bond donors (Lipinski definition) is 0. The zero-order chi connectivity index (χ0) is 29.2. The first-order valence-corrected chi connectivity index (χ1v) is 14.9. The summed E-state index contributed by atoms with van der Waals surface area (Å²) in [6.07, 6.45) is -2.30. The van der Waals surface area contributed by atoms with Crippen molar-refractivity contribution in [3.63, 3.8) is 0 Å². The first-order chi connectivity index (χ1) is 19.8. The van der Waals surface area contributed by atoms with Gasteiger partial charge in [-0.25, -0.2) is 14.2 Å². The maximum atomic E-state index is 13.4. The molecule has 12 nitrogen and oxygen atoms in total. The van der Waals surface area contributed by atoms with Gasteiger partial charge in [-0.05, 0) is 31.5 Å². The summed E-state index contributed by atoms with van der Waals surface area (Å²) in [5.74, 6) is -0.633. The minimum Gasteiger partial charge on any atom is -0.454 e. The Morgan fingerprint density at radius 1 is 0.976 bits per heavy atom. The second-order valence-corrected chi connectivity index (χ2v) is 11.0.